The van der Waals surface area contributed by atoms with Crippen LogP contribution in [0.3, 0.4) is 0 Å². The van der Waals surface area contributed by atoms with Gasteiger partial charge in [0.1, 0.15) is 6.10 Å². The van der Waals surface area contributed by atoms with Crippen molar-refractivity contribution in [1.29, 1.82) is 5.26 Å². The molecule has 3 nitrogen and oxygen atoms in total. The molecule has 0 saturated carbocycles. The van der Waals surface area contributed by atoms with Crippen LogP contribution in [0.25, 0.3) is 0 Å². The van der Waals surface area contributed by atoms with Gasteiger partial charge in [-0.1, -0.05) is 26.2 Å². The Morgan fingerprint density at radius 2 is 1.93 bits per heavy atom. The van der Waals surface area contributed by atoms with Crippen LogP contribution < -0.4 is 0 Å². The van der Waals surface area contributed by atoms with Crippen LogP contribution in [0, 0.1) is 11.3 Å². The molecule has 3 atom stereocenters. The van der Waals surface area contributed by atoms with Gasteiger partial charge in [-0.05, 0) is 26.7 Å². The van der Waals surface area contributed by atoms with E-state index >= 15 is 0 Å². The fraction of sp³-hybridized carbons (Fsp3) is 0.917. The van der Waals surface area contributed by atoms with Crippen LogP contribution in [-0.2, 0) is 4.74 Å². The molecule has 3 heteroatoms. The Labute approximate surface area is 93.1 Å². The summed E-state index contributed by atoms with van der Waals surface area (Å²) in [5.41, 5.74) is 0. The lowest BCUT2D eigenvalue weighted by atomic mass is 10.1. The molecule has 15 heavy (non-hydrogen) atoms. The van der Waals surface area contributed by atoms with E-state index in [2.05, 4.69) is 13.0 Å². The first-order valence-electron chi connectivity index (χ1n) is 5.85. The summed E-state index contributed by atoms with van der Waals surface area (Å²) < 4.78 is 5.43. The van der Waals surface area contributed by atoms with Crippen molar-refractivity contribution < 1.29 is 9.84 Å². The van der Waals surface area contributed by atoms with Crippen molar-refractivity contribution in [3.63, 3.8) is 0 Å². The maximum atomic E-state index is 9.24. The molecule has 0 bridgehead atoms. The summed E-state index contributed by atoms with van der Waals surface area (Å²) >= 11 is 0. The van der Waals surface area contributed by atoms with E-state index in [-0.39, 0.29) is 12.2 Å². The zero-order valence-electron chi connectivity index (χ0n) is 10.1. The van der Waals surface area contributed by atoms with Gasteiger partial charge in [0.2, 0.25) is 0 Å². The predicted molar refractivity (Wildman–Crippen MR) is 60.4 cm³/mol. The average molecular weight is 213 g/mol. The lowest BCUT2D eigenvalue weighted by Crippen LogP contribution is -2.27. The predicted octanol–water partition coefficient (Wildman–Crippen LogP) is 2.63. The Bertz CT molecular complexity index is 187. The minimum Gasteiger partial charge on any atom is -0.391 e. The van der Waals surface area contributed by atoms with Gasteiger partial charge in [0.05, 0.1) is 18.3 Å². The Kier molecular flexibility index (Phi) is 8.35. The maximum absolute atomic E-state index is 9.24. The van der Waals surface area contributed by atoms with Gasteiger partial charge in [-0.3, -0.25) is 0 Å². The lowest BCUT2D eigenvalue weighted by molar-refractivity contribution is -0.0442. The summed E-state index contributed by atoms with van der Waals surface area (Å²) in [6.07, 6.45) is 4.21. The number of hydrogen-bond acceptors (Lipinski definition) is 3. The van der Waals surface area contributed by atoms with E-state index in [4.69, 9.17) is 10.00 Å². The normalized spacial score (nSPS) is 16.7. The van der Waals surface area contributed by atoms with E-state index in [0.29, 0.717) is 0 Å². The van der Waals surface area contributed by atoms with Crippen molar-refractivity contribution in [3.05, 3.63) is 0 Å². The third kappa shape index (κ3) is 7.35. The molecule has 0 aliphatic carbocycles. The summed E-state index contributed by atoms with van der Waals surface area (Å²) in [4.78, 5) is 0. The third-order valence-corrected chi connectivity index (χ3v) is 2.52. The number of aliphatic hydroxyl groups excluding tert-OH is 1. The van der Waals surface area contributed by atoms with Crippen LogP contribution in [0.2, 0.25) is 0 Å². The molecule has 88 valence electrons. The van der Waals surface area contributed by atoms with Crippen molar-refractivity contribution in [1.82, 2.24) is 0 Å². The van der Waals surface area contributed by atoms with Gasteiger partial charge >= 0.3 is 0 Å². The van der Waals surface area contributed by atoms with Gasteiger partial charge in [0.15, 0.2) is 0 Å². The third-order valence-electron chi connectivity index (χ3n) is 2.52. The smallest absolute Gasteiger partial charge is 0.144 e. The molecule has 0 aliphatic rings. The second-order valence-corrected chi connectivity index (χ2v) is 4.05. The van der Waals surface area contributed by atoms with E-state index in [1.54, 1.807) is 13.8 Å². The van der Waals surface area contributed by atoms with Crippen LogP contribution in [0.15, 0.2) is 0 Å². The summed E-state index contributed by atoms with van der Waals surface area (Å²) in [5, 5.41) is 18.1. The minimum atomic E-state index is -0.517. The van der Waals surface area contributed by atoms with E-state index < -0.39 is 6.10 Å². The van der Waals surface area contributed by atoms with Gasteiger partial charge in [0.25, 0.3) is 0 Å². The zero-order chi connectivity index (χ0) is 11.7. The fourth-order valence-electron chi connectivity index (χ4n) is 1.29. The molecule has 0 rings (SSSR count). The van der Waals surface area contributed by atoms with Crippen molar-refractivity contribution >= 4 is 0 Å². The van der Waals surface area contributed by atoms with E-state index in [9.17, 15) is 5.11 Å². The molecular formula is C12H23NO2. The molecule has 0 aromatic heterocycles. The van der Waals surface area contributed by atoms with Crippen LogP contribution >= 0.6 is 0 Å². The highest BCUT2D eigenvalue weighted by Crippen LogP contribution is 2.11. The largest absolute Gasteiger partial charge is 0.391 e. The second-order valence-electron chi connectivity index (χ2n) is 4.05. The summed E-state index contributed by atoms with van der Waals surface area (Å²) in [6.45, 7) is 5.63. The molecule has 0 spiro atoms. The highest BCUT2D eigenvalue weighted by atomic mass is 16.5. The number of unbranched alkanes of at least 4 members (excludes halogenated alkanes) is 3. The molecule has 0 heterocycles. The van der Waals surface area contributed by atoms with E-state index in [1.165, 1.54) is 12.8 Å². The number of aliphatic hydroxyl groups is 1. The fourth-order valence-corrected chi connectivity index (χ4v) is 1.29. The Balaban J connectivity index is 3.69. The average Bonchev–Trinajstić information content (AvgIpc) is 2.22. The quantitative estimate of drug-likeness (QED) is 0.631. The number of nitriles is 1. The maximum Gasteiger partial charge on any atom is 0.144 e. The number of nitrogens with zero attached hydrogens (tertiary/aromatic N) is 1. The monoisotopic (exact) mass is 213 g/mol. The standard InChI is InChI=1S/C12H23NO2/c1-4-5-6-7-8-12(9-13)15-11(3)10(2)14/h10-12,14H,4-8H2,1-3H3. The molecule has 0 aromatic carbocycles. The summed E-state index contributed by atoms with van der Waals surface area (Å²) in [6, 6.07) is 2.13. The molecule has 0 amide bonds. The number of ether oxygens (including phenoxy) is 1. The van der Waals surface area contributed by atoms with Crippen molar-refractivity contribution in [2.45, 2.75) is 71.2 Å². The van der Waals surface area contributed by atoms with Crippen LogP contribution in [0.1, 0.15) is 52.9 Å². The SMILES string of the molecule is CCCCCCC(C#N)OC(C)C(C)O. The van der Waals surface area contributed by atoms with E-state index in [1.807, 2.05) is 0 Å². The van der Waals surface area contributed by atoms with Crippen molar-refractivity contribution in [2.24, 2.45) is 0 Å². The Hall–Kier alpha value is -0.590. The molecular weight excluding hydrogens is 190 g/mol. The molecule has 1 N–H and O–H groups in total. The molecule has 0 aromatic rings. The molecule has 0 fully saturated rings. The zero-order valence-corrected chi connectivity index (χ0v) is 10.1. The summed E-state index contributed by atoms with van der Waals surface area (Å²) in [7, 11) is 0. The molecule has 0 aliphatic heterocycles. The number of hydrogen-bond donors (Lipinski definition) is 1. The molecule has 0 radical (unpaired) electrons. The summed E-state index contributed by atoms with van der Waals surface area (Å²) in [5.74, 6) is 0. The van der Waals surface area contributed by atoms with Gasteiger partial charge < -0.3 is 9.84 Å². The van der Waals surface area contributed by atoms with Gasteiger partial charge in [-0.25, -0.2) is 0 Å². The second kappa shape index (κ2) is 8.70. The van der Waals surface area contributed by atoms with Crippen molar-refractivity contribution in [2.75, 3.05) is 0 Å². The number of rotatable bonds is 8. The van der Waals surface area contributed by atoms with Crippen molar-refractivity contribution in [3.8, 4) is 6.07 Å². The Morgan fingerprint density at radius 1 is 1.27 bits per heavy atom. The van der Waals surface area contributed by atoms with Gasteiger partial charge in [-0.15, -0.1) is 0 Å². The highest BCUT2D eigenvalue weighted by Gasteiger charge is 2.15. The minimum absolute atomic E-state index is 0.263. The molecule has 3 unspecified atom stereocenters. The topological polar surface area (TPSA) is 53.2 Å². The first-order chi connectivity index (χ1) is 7.11. The first kappa shape index (κ1) is 14.4. The van der Waals surface area contributed by atoms with Crippen LogP contribution in [0.5, 0.6) is 0 Å². The molecule has 0 saturated heterocycles. The Morgan fingerprint density at radius 3 is 2.40 bits per heavy atom. The van der Waals surface area contributed by atoms with E-state index in [0.717, 1.165) is 19.3 Å². The lowest BCUT2D eigenvalue weighted by Gasteiger charge is -2.19. The van der Waals surface area contributed by atoms with Gasteiger partial charge in [-0.2, -0.15) is 5.26 Å². The first-order valence-corrected chi connectivity index (χ1v) is 5.85. The van der Waals surface area contributed by atoms with Crippen LogP contribution in [-0.4, -0.2) is 23.4 Å². The highest BCUT2D eigenvalue weighted by molar-refractivity contribution is 4.85. The van der Waals surface area contributed by atoms with Gasteiger partial charge in [0, 0.05) is 0 Å². The van der Waals surface area contributed by atoms with Crippen LogP contribution in [0.4, 0.5) is 0 Å².